The summed E-state index contributed by atoms with van der Waals surface area (Å²) in [6.07, 6.45) is -2.86. The van der Waals surface area contributed by atoms with E-state index in [2.05, 4.69) is 0 Å². The third-order valence-corrected chi connectivity index (χ3v) is 1.26. The van der Waals surface area contributed by atoms with Gasteiger partial charge in [0.2, 0.25) is 0 Å². The third-order valence-electron chi connectivity index (χ3n) is 1.26. The van der Waals surface area contributed by atoms with Crippen LogP contribution in [0.3, 0.4) is 0 Å². The molecule has 0 aliphatic rings. The van der Waals surface area contributed by atoms with E-state index in [0.717, 1.165) is 0 Å². The van der Waals surface area contributed by atoms with Gasteiger partial charge in [-0.1, -0.05) is 0 Å². The van der Waals surface area contributed by atoms with Crippen molar-refractivity contribution in [2.24, 2.45) is 0 Å². The van der Waals surface area contributed by atoms with Crippen LogP contribution in [-0.4, -0.2) is 109 Å². The summed E-state index contributed by atoms with van der Waals surface area (Å²) in [6, 6.07) is 0. The van der Waals surface area contributed by atoms with E-state index in [1.165, 1.54) is 0 Å². The van der Waals surface area contributed by atoms with E-state index >= 15 is 0 Å². The van der Waals surface area contributed by atoms with Crippen molar-refractivity contribution in [2.45, 2.75) is 18.3 Å². The molecule has 11 heteroatoms. The molecule has 0 bridgehead atoms. The smallest absolute Gasteiger partial charge is 0.100 e. The topological polar surface area (TPSA) is 214 Å². The second-order valence-corrected chi connectivity index (χ2v) is 3.06. The molecule has 0 aromatic heterocycles. The van der Waals surface area contributed by atoms with Crippen molar-refractivity contribution in [3.63, 3.8) is 0 Å². The van der Waals surface area contributed by atoms with Crippen molar-refractivity contribution in [3.05, 3.63) is 0 Å². The molecule has 0 aliphatic carbocycles. The van der Waals surface area contributed by atoms with Crippen LogP contribution in [0.15, 0.2) is 0 Å². The Bertz CT molecular complexity index is 106. The summed E-state index contributed by atoms with van der Waals surface area (Å²) in [7, 11) is 0. The van der Waals surface area contributed by atoms with Crippen LogP contribution in [0.25, 0.3) is 0 Å². The van der Waals surface area contributed by atoms with Crippen LogP contribution >= 0.6 is 0 Å². The molecule has 0 unspecified atom stereocenters. The second kappa shape index (κ2) is 27.6. The first-order chi connectivity index (χ1) is 8.42. The molecule has 0 atom stereocenters. The molecule has 10 nitrogen and oxygen atoms in total. The molecular formula is C9H26O10Ti. The standard InChI is InChI=1S/3C3H8O3.H2O.Ti/c3*4-1-3(6)2-5;;/h3*3-6H,1-2H2;1H2;. The Kier molecular flexibility index (Phi) is 44.6. The summed E-state index contributed by atoms with van der Waals surface area (Å²) in [5.74, 6) is 0. The maximum absolute atomic E-state index is 8.17. The van der Waals surface area contributed by atoms with Crippen LogP contribution in [0.1, 0.15) is 0 Å². The maximum atomic E-state index is 8.17. The first-order valence-electron chi connectivity index (χ1n) is 5.12. The van der Waals surface area contributed by atoms with E-state index in [4.69, 9.17) is 46.0 Å². The quantitative estimate of drug-likeness (QED) is 0.210. The van der Waals surface area contributed by atoms with Gasteiger partial charge in [-0.2, -0.15) is 0 Å². The molecule has 126 valence electrons. The van der Waals surface area contributed by atoms with Crippen LogP contribution in [0.5, 0.6) is 0 Å². The van der Waals surface area contributed by atoms with Crippen molar-refractivity contribution in [2.75, 3.05) is 39.6 Å². The zero-order valence-corrected chi connectivity index (χ0v) is 12.6. The molecule has 0 saturated heterocycles. The predicted molar refractivity (Wildman–Crippen MR) is 64.1 cm³/mol. The minimum absolute atomic E-state index is 0. The summed E-state index contributed by atoms with van der Waals surface area (Å²) >= 11 is 0. The number of aliphatic hydroxyl groups is 9. The van der Waals surface area contributed by atoms with Crippen LogP contribution in [0.2, 0.25) is 0 Å². The van der Waals surface area contributed by atoms with Gasteiger partial charge in [0, 0.05) is 21.7 Å². The monoisotopic (exact) mass is 342 g/mol. The van der Waals surface area contributed by atoms with E-state index in [1.54, 1.807) is 0 Å². The fourth-order valence-electron chi connectivity index (χ4n) is 0.173. The van der Waals surface area contributed by atoms with Gasteiger partial charge >= 0.3 is 0 Å². The molecule has 0 amide bonds. The van der Waals surface area contributed by atoms with Crippen molar-refractivity contribution < 1.29 is 73.2 Å². The van der Waals surface area contributed by atoms with Gasteiger partial charge in [0.05, 0.1) is 39.6 Å². The van der Waals surface area contributed by atoms with Crippen molar-refractivity contribution in [1.82, 2.24) is 0 Å². The SMILES string of the molecule is O.OCC(O)CO.OCC(O)CO.OCC(O)CO.[Ti]. The number of rotatable bonds is 6. The average Bonchev–Trinajstić information content (AvgIpc) is 2.45. The Morgan fingerprint density at radius 2 is 0.550 bits per heavy atom. The second-order valence-electron chi connectivity index (χ2n) is 3.06. The zero-order valence-electron chi connectivity index (χ0n) is 11.0. The molecule has 0 aliphatic heterocycles. The fourth-order valence-corrected chi connectivity index (χ4v) is 0.173. The largest absolute Gasteiger partial charge is 0.412 e. The van der Waals surface area contributed by atoms with E-state index in [0.29, 0.717) is 0 Å². The Hall–Kier alpha value is 0.314. The molecular weight excluding hydrogens is 316 g/mol. The van der Waals surface area contributed by atoms with E-state index in [-0.39, 0.29) is 66.8 Å². The van der Waals surface area contributed by atoms with E-state index < -0.39 is 18.3 Å². The van der Waals surface area contributed by atoms with Crippen molar-refractivity contribution >= 4 is 0 Å². The minimum atomic E-state index is -0.954. The molecule has 0 spiro atoms. The van der Waals surface area contributed by atoms with Crippen LogP contribution in [0, 0.1) is 0 Å². The summed E-state index contributed by atoms with van der Waals surface area (Å²) in [5.41, 5.74) is 0. The van der Waals surface area contributed by atoms with Gasteiger partial charge in [-0.3, -0.25) is 0 Å². The Morgan fingerprint density at radius 3 is 0.550 bits per heavy atom. The number of hydrogen-bond acceptors (Lipinski definition) is 9. The van der Waals surface area contributed by atoms with E-state index in [1.807, 2.05) is 0 Å². The average molecular weight is 342 g/mol. The molecule has 0 aromatic rings. The maximum Gasteiger partial charge on any atom is 0.100 e. The third kappa shape index (κ3) is 36.2. The fraction of sp³-hybridized carbons (Fsp3) is 1.00. The van der Waals surface area contributed by atoms with Gasteiger partial charge in [-0.25, -0.2) is 0 Å². The van der Waals surface area contributed by atoms with Crippen molar-refractivity contribution in [1.29, 1.82) is 0 Å². The zero-order chi connectivity index (χ0) is 15.0. The molecule has 11 N–H and O–H groups in total. The molecule has 0 saturated carbocycles. The van der Waals surface area contributed by atoms with E-state index in [9.17, 15) is 0 Å². The molecule has 0 aromatic carbocycles. The van der Waals surface area contributed by atoms with Gasteiger partial charge in [0.1, 0.15) is 18.3 Å². The van der Waals surface area contributed by atoms with Crippen LogP contribution < -0.4 is 0 Å². The predicted octanol–water partition coefficient (Wildman–Crippen LogP) is -5.83. The Labute approximate surface area is 131 Å². The van der Waals surface area contributed by atoms with Gasteiger partial charge in [0.25, 0.3) is 0 Å². The Morgan fingerprint density at radius 1 is 0.450 bits per heavy atom. The van der Waals surface area contributed by atoms with Gasteiger partial charge in [0.15, 0.2) is 0 Å². The first-order valence-corrected chi connectivity index (χ1v) is 5.12. The molecule has 0 radical (unpaired) electrons. The van der Waals surface area contributed by atoms with Gasteiger partial charge in [-0.05, 0) is 0 Å². The molecule has 0 rings (SSSR count). The van der Waals surface area contributed by atoms with Gasteiger partial charge in [-0.15, -0.1) is 0 Å². The first kappa shape index (κ1) is 32.3. The minimum Gasteiger partial charge on any atom is -0.412 e. The van der Waals surface area contributed by atoms with Crippen LogP contribution in [0.4, 0.5) is 0 Å². The molecule has 0 heterocycles. The summed E-state index contributed by atoms with van der Waals surface area (Å²) < 4.78 is 0. The Balaban J connectivity index is -0.0000000536. The molecule has 20 heavy (non-hydrogen) atoms. The molecule has 0 fully saturated rings. The summed E-state index contributed by atoms with van der Waals surface area (Å²) in [6.45, 7) is -2.19. The summed E-state index contributed by atoms with van der Waals surface area (Å²) in [5, 5.41) is 72.0. The van der Waals surface area contributed by atoms with Crippen molar-refractivity contribution in [3.8, 4) is 0 Å². The number of aliphatic hydroxyl groups excluding tert-OH is 9. The van der Waals surface area contributed by atoms with Gasteiger partial charge < -0.3 is 51.4 Å². The number of hydrogen-bond donors (Lipinski definition) is 9. The normalized spacial score (nSPS) is 9.00. The summed E-state index contributed by atoms with van der Waals surface area (Å²) in [4.78, 5) is 0. The van der Waals surface area contributed by atoms with Crippen LogP contribution in [-0.2, 0) is 21.7 Å².